The Morgan fingerprint density at radius 2 is 1.73 bits per heavy atom. The van der Waals surface area contributed by atoms with E-state index in [1.165, 1.54) is 12.7 Å². The van der Waals surface area contributed by atoms with Gasteiger partial charge in [-0.25, -0.2) is 4.79 Å². The molecule has 0 saturated heterocycles. The van der Waals surface area contributed by atoms with Crippen molar-refractivity contribution in [2.45, 2.75) is 13.3 Å². The van der Waals surface area contributed by atoms with Crippen LogP contribution in [0.15, 0.2) is 72.8 Å². The van der Waals surface area contributed by atoms with Crippen LogP contribution in [0.1, 0.15) is 34.0 Å². The number of fused-ring (bicyclic) bond motifs is 1. The molecule has 0 aromatic heterocycles. The zero-order valence-electron chi connectivity index (χ0n) is 18.8. The maximum absolute atomic E-state index is 13.1. The van der Waals surface area contributed by atoms with Crippen molar-refractivity contribution in [3.63, 3.8) is 0 Å². The predicted molar refractivity (Wildman–Crippen MR) is 132 cm³/mol. The molecule has 0 bridgehead atoms. The molecule has 0 fully saturated rings. The van der Waals surface area contributed by atoms with Gasteiger partial charge in [0.2, 0.25) is 0 Å². The van der Waals surface area contributed by atoms with E-state index in [1.807, 2.05) is 42.5 Å². The number of ether oxygens (including phenoxy) is 1. The highest BCUT2D eigenvalue weighted by Crippen LogP contribution is 2.38. The van der Waals surface area contributed by atoms with Gasteiger partial charge in [-0.1, -0.05) is 55.5 Å². The maximum Gasteiger partial charge on any atom is 0.337 e. The summed E-state index contributed by atoms with van der Waals surface area (Å²) in [4.78, 5) is 25.0. The highest BCUT2D eigenvalue weighted by atomic mass is 16.5. The molecule has 1 heterocycles. The van der Waals surface area contributed by atoms with Crippen molar-refractivity contribution < 1.29 is 14.3 Å². The Hall–Kier alpha value is -3.90. The first-order chi connectivity index (χ1) is 16.1. The Morgan fingerprint density at radius 1 is 0.970 bits per heavy atom. The van der Waals surface area contributed by atoms with E-state index < -0.39 is 5.97 Å². The van der Waals surface area contributed by atoms with Crippen molar-refractivity contribution in [3.05, 3.63) is 95.1 Å². The smallest absolute Gasteiger partial charge is 0.337 e. The molecule has 3 N–H and O–H groups in total. The number of benzene rings is 3. The Labute approximate surface area is 193 Å². The summed E-state index contributed by atoms with van der Waals surface area (Å²) in [6.07, 6.45) is 0.957. The van der Waals surface area contributed by atoms with Crippen LogP contribution in [0.25, 0.3) is 11.3 Å². The SMILES string of the molecule is CCNCCc1ccc(NC(=C2C(=O)Nc3cc(C(=O)OC)ccc32)c2ccccc2)cc1. The van der Waals surface area contributed by atoms with Crippen LogP contribution in [0.3, 0.4) is 0 Å². The molecule has 168 valence electrons. The molecule has 3 aromatic carbocycles. The van der Waals surface area contributed by atoms with Gasteiger partial charge in [0.25, 0.3) is 5.91 Å². The molecule has 0 spiro atoms. The molecule has 3 aromatic rings. The third-order valence-corrected chi connectivity index (χ3v) is 5.56. The summed E-state index contributed by atoms with van der Waals surface area (Å²) in [5.74, 6) is -0.666. The summed E-state index contributed by atoms with van der Waals surface area (Å²) in [6.45, 7) is 3.99. The van der Waals surface area contributed by atoms with E-state index in [1.54, 1.807) is 18.2 Å². The van der Waals surface area contributed by atoms with E-state index in [-0.39, 0.29) is 5.91 Å². The second kappa shape index (κ2) is 10.1. The Kier molecular flexibility index (Phi) is 6.86. The molecule has 1 amide bonds. The Balaban J connectivity index is 1.72. The molecule has 33 heavy (non-hydrogen) atoms. The summed E-state index contributed by atoms with van der Waals surface area (Å²) < 4.78 is 4.81. The normalized spacial score (nSPS) is 13.8. The summed E-state index contributed by atoms with van der Waals surface area (Å²) in [5, 5.41) is 9.69. The van der Waals surface area contributed by atoms with E-state index in [2.05, 4.69) is 35.0 Å². The predicted octanol–water partition coefficient (Wildman–Crippen LogP) is 4.56. The van der Waals surface area contributed by atoms with E-state index in [4.69, 9.17) is 4.74 Å². The lowest BCUT2D eigenvalue weighted by Gasteiger charge is -2.15. The van der Waals surface area contributed by atoms with Gasteiger partial charge in [-0.3, -0.25) is 4.79 Å². The lowest BCUT2D eigenvalue weighted by atomic mass is 9.99. The zero-order chi connectivity index (χ0) is 23.2. The monoisotopic (exact) mass is 441 g/mol. The number of nitrogens with one attached hydrogen (secondary N) is 3. The largest absolute Gasteiger partial charge is 0.465 e. The van der Waals surface area contributed by atoms with Gasteiger partial charge in [-0.15, -0.1) is 0 Å². The summed E-state index contributed by atoms with van der Waals surface area (Å²) >= 11 is 0. The molecule has 6 heteroatoms. The van der Waals surface area contributed by atoms with Gasteiger partial charge in [0.15, 0.2) is 0 Å². The lowest BCUT2D eigenvalue weighted by Crippen LogP contribution is -2.16. The quantitative estimate of drug-likeness (QED) is 0.271. The van der Waals surface area contributed by atoms with Gasteiger partial charge >= 0.3 is 5.97 Å². The second-order valence-corrected chi connectivity index (χ2v) is 7.75. The topological polar surface area (TPSA) is 79.5 Å². The molecule has 1 aliphatic rings. The number of carbonyl (C=O) groups excluding carboxylic acids is 2. The van der Waals surface area contributed by atoms with Crippen LogP contribution in [0.2, 0.25) is 0 Å². The second-order valence-electron chi connectivity index (χ2n) is 7.75. The number of methoxy groups -OCH3 is 1. The molecule has 1 aliphatic heterocycles. The van der Waals surface area contributed by atoms with Gasteiger partial charge in [0.05, 0.1) is 29.6 Å². The number of rotatable bonds is 8. The fourth-order valence-corrected chi connectivity index (χ4v) is 3.86. The standard InChI is InChI=1S/C27H27N3O3/c1-3-28-16-15-18-9-12-21(13-10-18)29-25(19-7-5-4-6-8-19)24-22-14-11-20(27(32)33-2)17-23(22)30-26(24)31/h4-14,17,28-29H,3,15-16H2,1-2H3,(H,30,31). The lowest BCUT2D eigenvalue weighted by molar-refractivity contribution is -0.110. The third-order valence-electron chi connectivity index (χ3n) is 5.56. The van der Waals surface area contributed by atoms with E-state index >= 15 is 0 Å². The average Bonchev–Trinajstić information content (AvgIpc) is 3.18. The minimum atomic E-state index is -0.444. The van der Waals surface area contributed by atoms with Crippen LogP contribution in [0.5, 0.6) is 0 Å². The molecule has 0 saturated carbocycles. The molecule has 0 radical (unpaired) electrons. The number of anilines is 2. The molecule has 4 rings (SSSR count). The van der Waals surface area contributed by atoms with Gasteiger partial charge in [0, 0.05) is 11.3 Å². The van der Waals surface area contributed by atoms with Gasteiger partial charge in [-0.2, -0.15) is 0 Å². The highest BCUT2D eigenvalue weighted by molar-refractivity contribution is 6.37. The average molecular weight is 442 g/mol. The van der Waals surface area contributed by atoms with Gasteiger partial charge in [0.1, 0.15) is 0 Å². The van der Waals surface area contributed by atoms with Crippen molar-refractivity contribution in [1.29, 1.82) is 0 Å². The number of hydrogen-bond acceptors (Lipinski definition) is 5. The fourth-order valence-electron chi connectivity index (χ4n) is 3.86. The summed E-state index contributed by atoms with van der Waals surface area (Å²) in [5.41, 5.74) is 5.98. The Bertz CT molecular complexity index is 1180. The van der Waals surface area contributed by atoms with E-state index in [0.717, 1.165) is 36.3 Å². The molecular formula is C27H27N3O3. The highest BCUT2D eigenvalue weighted by Gasteiger charge is 2.29. The first-order valence-corrected chi connectivity index (χ1v) is 11.0. The van der Waals surface area contributed by atoms with Gasteiger partial charge in [-0.05, 0) is 54.9 Å². The molecule has 6 nitrogen and oxygen atoms in total. The summed E-state index contributed by atoms with van der Waals surface area (Å²) in [7, 11) is 1.34. The molecular weight excluding hydrogens is 414 g/mol. The van der Waals surface area contributed by atoms with Crippen LogP contribution in [-0.4, -0.2) is 32.1 Å². The Morgan fingerprint density at radius 3 is 2.42 bits per heavy atom. The van der Waals surface area contributed by atoms with Gasteiger partial charge < -0.3 is 20.7 Å². The van der Waals surface area contributed by atoms with Crippen LogP contribution in [-0.2, 0) is 16.0 Å². The van der Waals surface area contributed by atoms with Crippen LogP contribution >= 0.6 is 0 Å². The number of carbonyl (C=O) groups is 2. The molecule has 0 unspecified atom stereocenters. The number of amides is 1. The van der Waals surface area contributed by atoms with Crippen molar-refractivity contribution in [1.82, 2.24) is 5.32 Å². The molecule has 0 aliphatic carbocycles. The maximum atomic E-state index is 13.1. The van der Waals surface area contributed by atoms with Crippen molar-refractivity contribution >= 4 is 34.5 Å². The molecule has 0 atom stereocenters. The van der Waals surface area contributed by atoms with Crippen molar-refractivity contribution in [2.75, 3.05) is 30.8 Å². The van der Waals surface area contributed by atoms with Crippen molar-refractivity contribution in [3.8, 4) is 0 Å². The first kappa shape index (κ1) is 22.3. The first-order valence-electron chi connectivity index (χ1n) is 11.0. The van der Waals surface area contributed by atoms with Crippen molar-refractivity contribution in [2.24, 2.45) is 0 Å². The van der Waals surface area contributed by atoms with Crippen LogP contribution in [0.4, 0.5) is 11.4 Å². The number of esters is 1. The third kappa shape index (κ3) is 4.96. The van der Waals surface area contributed by atoms with E-state index in [9.17, 15) is 9.59 Å². The minimum Gasteiger partial charge on any atom is -0.465 e. The van der Waals surface area contributed by atoms with Crippen LogP contribution < -0.4 is 16.0 Å². The van der Waals surface area contributed by atoms with E-state index in [0.29, 0.717) is 22.5 Å². The summed E-state index contributed by atoms with van der Waals surface area (Å²) in [6, 6.07) is 23.1. The number of likely N-dealkylation sites (N-methyl/N-ethyl adjacent to an activating group) is 1. The minimum absolute atomic E-state index is 0.222. The number of hydrogen-bond donors (Lipinski definition) is 3. The fraction of sp³-hybridized carbons (Fsp3) is 0.185. The van der Waals surface area contributed by atoms with Crippen LogP contribution in [0, 0.1) is 0 Å². The zero-order valence-corrected chi connectivity index (χ0v) is 18.8.